The molecule has 3 unspecified atom stereocenters. The molecule has 0 spiro atoms. The maximum atomic E-state index is 12.4. The largest absolute Gasteiger partial charge is 0.342 e. The highest BCUT2D eigenvalue weighted by molar-refractivity contribution is 5.78. The number of fused-ring (bicyclic) bond motifs is 2. The standard InChI is InChI=1S/C17H20N4O/c1-11-4-2-3-5-14(11)13-9-19-21(10-13)17(22)20-16-7-12-6-15(16)18-8-12/h2-5,9-10,12,15-16,18H,6-8H2,1H3,(H,20,22). The Kier molecular flexibility index (Phi) is 3.22. The maximum absolute atomic E-state index is 12.4. The molecule has 1 saturated carbocycles. The van der Waals surface area contributed by atoms with Crippen LogP contribution < -0.4 is 10.6 Å². The van der Waals surface area contributed by atoms with Crippen molar-refractivity contribution in [1.82, 2.24) is 20.4 Å². The van der Waals surface area contributed by atoms with E-state index in [0.717, 1.165) is 30.0 Å². The number of amides is 1. The molecule has 0 radical (unpaired) electrons. The zero-order chi connectivity index (χ0) is 15.1. The molecule has 2 N–H and O–H groups in total. The first-order chi connectivity index (χ1) is 10.7. The van der Waals surface area contributed by atoms with E-state index in [9.17, 15) is 4.79 Å². The minimum absolute atomic E-state index is 0.140. The lowest BCUT2D eigenvalue weighted by atomic mass is 10.0. The number of hydrogen-bond acceptors (Lipinski definition) is 3. The zero-order valence-corrected chi connectivity index (χ0v) is 12.6. The van der Waals surface area contributed by atoms with Crippen LogP contribution in [0.15, 0.2) is 36.7 Å². The van der Waals surface area contributed by atoms with Crippen molar-refractivity contribution in [3.05, 3.63) is 42.2 Å². The number of hydrogen-bond donors (Lipinski definition) is 2. The molecule has 2 aliphatic rings. The van der Waals surface area contributed by atoms with Crippen molar-refractivity contribution in [1.29, 1.82) is 0 Å². The first-order valence-electron chi connectivity index (χ1n) is 7.85. The Hall–Kier alpha value is -2.14. The number of aromatic nitrogens is 2. The third kappa shape index (κ3) is 2.31. The molecule has 1 saturated heterocycles. The van der Waals surface area contributed by atoms with Gasteiger partial charge in [-0.05, 0) is 43.4 Å². The summed E-state index contributed by atoms with van der Waals surface area (Å²) in [4.78, 5) is 12.4. The van der Waals surface area contributed by atoms with Crippen molar-refractivity contribution in [2.24, 2.45) is 5.92 Å². The molecule has 2 bridgehead atoms. The Balaban J connectivity index is 1.49. The zero-order valence-electron chi connectivity index (χ0n) is 12.6. The molecule has 2 aromatic rings. The molecule has 22 heavy (non-hydrogen) atoms. The summed E-state index contributed by atoms with van der Waals surface area (Å²) >= 11 is 0. The van der Waals surface area contributed by atoms with Gasteiger partial charge in [0.05, 0.1) is 6.20 Å². The van der Waals surface area contributed by atoms with Crippen LogP contribution in [-0.4, -0.2) is 34.4 Å². The average molecular weight is 296 g/mol. The van der Waals surface area contributed by atoms with E-state index in [2.05, 4.69) is 34.8 Å². The highest BCUT2D eigenvalue weighted by atomic mass is 16.2. The molecule has 5 heteroatoms. The first kappa shape index (κ1) is 13.5. The molecule has 1 aromatic heterocycles. The summed E-state index contributed by atoms with van der Waals surface area (Å²) in [7, 11) is 0. The number of piperidine rings is 1. The molecule has 1 amide bonds. The summed E-state index contributed by atoms with van der Waals surface area (Å²) in [5.74, 6) is 0.718. The molecule has 5 nitrogen and oxygen atoms in total. The molecule has 3 atom stereocenters. The lowest BCUT2D eigenvalue weighted by molar-refractivity contribution is 0.231. The van der Waals surface area contributed by atoms with E-state index < -0.39 is 0 Å². The third-order valence-corrected chi connectivity index (χ3v) is 4.88. The van der Waals surface area contributed by atoms with Crippen LogP contribution in [0.2, 0.25) is 0 Å². The quantitative estimate of drug-likeness (QED) is 0.893. The van der Waals surface area contributed by atoms with E-state index in [1.165, 1.54) is 16.7 Å². The van der Waals surface area contributed by atoms with Crippen LogP contribution in [0.1, 0.15) is 18.4 Å². The Morgan fingerprint density at radius 1 is 1.36 bits per heavy atom. The predicted octanol–water partition coefficient (Wildman–Crippen LogP) is 2.17. The normalized spacial score (nSPS) is 26.3. The number of nitrogens with one attached hydrogen (secondary N) is 2. The Bertz CT molecular complexity index is 708. The second kappa shape index (κ2) is 5.25. The summed E-state index contributed by atoms with van der Waals surface area (Å²) in [6, 6.07) is 8.65. The molecular weight excluding hydrogens is 276 g/mol. The van der Waals surface area contributed by atoms with Gasteiger partial charge in [0.2, 0.25) is 0 Å². The summed E-state index contributed by atoms with van der Waals surface area (Å²) in [6.45, 7) is 3.16. The first-order valence-corrected chi connectivity index (χ1v) is 7.85. The fourth-order valence-corrected chi connectivity index (χ4v) is 3.71. The van der Waals surface area contributed by atoms with Gasteiger partial charge in [0, 0.05) is 23.8 Å². The Morgan fingerprint density at radius 3 is 2.95 bits per heavy atom. The van der Waals surface area contributed by atoms with Crippen LogP contribution >= 0.6 is 0 Å². The van der Waals surface area contributed by atoms with Crippen LogP contribution in [0, 0.1) is 12.8 Å². The fourth-order valence-electron chi connectivity index (χ4n) is 3.71. The van der Waals surface area contributed by atoms with E-state index >= 15 is 0 Å². The number of carbonyl (C=O) groups excluding carboxylic acids is 1. The number of benzene rings is 1. The van der Waals surface area contributed by atoms with Crippen LogP contribution in [0.3, 0.4) is 0 Å². The van der Waals surface area contributed by atoms with Crippen LogP contribution in [0.5, 0.6) is 0 Å². The number of aryl methyl sites for hydroxylation is 1. The van der Waals surface area contributed by atoms with Gasteiger partial charge in [-0.2, -0.15) is 9.78 Å². The fraction of sp³-hybridized carbons (Fsp3) is 0.412. The van der Waals surface area contributed by atoms with E-state index in [-0.39, 0.29) is 12.1 Å². The second-order valence-electron chi connectivity index (χ2n) is 6.40. The highest BCUT2D eigenvalue weighted by Crippen LogP contribution is 2.31. The van der Waals surface area contributed by atoms with E-state index in [0.29, 0.717) is 6.04 Å². The van der Waals surface area contributed by atoms with Gasteiger partial charge >= 0.3 is 6.03 Å². The van der Waals surface area contributed by atoms with Gasteiger partial charge in [-0.25, -0.2) is 4.79 Å². The highest BCUT2D eigenvalue weighted by Gasteiger charge is 2.40. The third-order valence-electron chi connectivity index (χ3n) is 4.88. The number of nitrogens with zero attached hydrogens (tertiary/aromatic N) is 2. The second-order valence-corrected chi connectivity index (χ2v) is 6.40. The molecule has 1 aliphatic heterocycles. The minimum Gasteiger partial charge on any atom is -0.332 e. The number of carbonyl (C=O) groups is 1. The van der Waals surface area contributed by atoms with Crippen LogP contribution in [0.4, 0.5) is 4.79 Å². The van der Waals surface area contributed by atoms with Crippen molar-refractivity contribution in [2.45, 2.75) is 31.8 Å². The molecule has 2 fully saturated rings. The van der Waals surface area contributed by atoms with Gasteiger partial charge < -0.3 is 10.6 Å². The molecule has 2 heterocycles. The van der Waals surface area contributed by atoms with Crippen molar-refractivity contribution in [3.63, 3.8) is 0 Å². The molecular formula is C17H20N4O. The van der Waals surface area contributed by atoms with E-state index in [4.69, 9.17) is 0 Å². The summed E-state index contributed by atoms with van der Waals surface area (Å²) in [5.41, 5.74) is 3.27. The SMILES string of the molecule is Cc1ccccc1-c1cnn(C(=O)NC2CC3CNC2C3)c1. The number of rotatable bonds is 2. The van der Waals surface area contributed by atoms with Crippen molar-refractivity contribution >= 4 is 6.03 Å². The van der Waals surface area contributed by atoms with E-state index in [1.807, 2.05) is 12.1 Å². The minimum atomic E-state index is -0.140. The lowest BCUT2D eigenvalue weighted by Crippen LogP contribution is -2.49. The van der Waals surface area contributed by atoms with Crippen molar-refractivity contribution in [3.8, 4) is 11.1 Å². The topological polar surface area (TPSA) is 59.0 Å². The van der Waals surface area contributed by atoms with Gasteiger partial charge in [-0.15, -0.1) is 0 Å². The smallest absolute Gasteiger partial charge is 0.332 e. The average Bonchev–Trinajstić information content (AvgIpc) is 3.24. The maximum Gasteiger partial charge on any atom is 0.342 e. The van der Waals surface area contributed by atoms with Crippen molar-refractivity contribution in [2.75, 3.05) is 6.54 Å². The van der Waals surface area contributed by atoms with Crippen LogP contribution in [-0.2, 0) is 0 Å². The van der Waals surface area contributed by atoms with Gasteiger partial charge in [0.15, 0.2) is 0 Å². The predicted molar refractivity (Wildman–Crippen MR) is 84.6 cm³/mol. The lowest BCUT2D eigenvalue weighted by Gasteiger charge is -2.23. The molecule has 1 aromatic carbocycles. The van der Waals surface area contributed by atoms with Gasteiger partial charge in [0.25, 0.3) is 0 Å². The monoisotopic (exact) mass is 296 g/mol. The van der Waals surface area contributed by atoms with Crippen LogP contribution in [0.25, 0.3) is 11.1 Å². The molecule has 114 valence electrons. The molecule has 4 rings (SSSR count). The van der Waals surface area contributed by atoms with Gasteiger partial charge in [-0.3, -0.25) is 0 Å². The Labute approximate surface area is 129 Å². The Morgan fingerprint density at radius 2 is 2.23 bits per heavy atom. The van der Waals surface area contributed by atoms with Gasteiger partial charge in [0.1, 0.15) is 0 Å². The summed E-state index contributed by atoms with van der Waals surface area (Å²) in [6.07, 6.45) is 5.81. The summed E-state index contributed by atoms with van der Waals surface area (Å²) in [5, 5.41) is 10.8. The van der Waals surface area contributed by atoms with E-state index in [1.54, 1.807) is 12.4 Å². The summed E-state index contributed by atoms with van der Waals surface area (Å²) < 4.78 is 1.41. The van der Waals surface area contributed by atoms with Crippen molar-refractivity contribution < 1.29 is 4.79 Å². The molecule has 1 aliphatic carbocycles. The van der Waals surface area contributed by atoms with Gasteiger partial charge in [-0.1, -0.05) is 24.3 Å².